The summed E-state index contributed by atoms with van der Waals surface area (Å²) in [7, 11) is 0. The van der Waals surface area contributed by atoms with Crippen molar-refractivity contribution in [1.82, 2.24) is 14.8 Å². The summed E-state index contributed by atoms with van der Waals surface area (Å²) < 4.78 is 1.78. The molecule has 1 unspecified atom stereocenters. The van der Waals surface area contributed by atoms with Crippen molar-refractivity contribution in [2.75, 3.05) is 11.6 Å². The van der Waals surface area contributed by atoms with Gasteiger partial charge in [0.2, 0.25) is 11.1 Å². The molecule has 6 nitrogen and oxygen atoms in total. The number of fused-ring (bicyclic) bond motifs is 1. The van der Waals surface area contributed by atoms with E-state index in [1.165, 1.54) is 11.8 Å². The van der Waals surface area contributed by atoms with Gasteiger partial charge in [-0.3, -0.25) is 4.79 Å². The number of phenols is 1. The number of thioether (sulfide) groups is 1. The quantitative estimate of drug-likeness (QED) is 0.803. The van der Waals surface area contributed by atoms with E-state index in [0.717, 1.165) is 23.3 Å². The Morgan fingerprint density at radius 2 is 2.00 bits per heavy atom. The summed E-state index contributed by atoms with van der Waals surface area (Å²) in [6.07, 6.45) is 3.24. The lowest BCUT2D eigenvalue weighted by molar-refractivity contribution is -0.118. The first kappa shape index (κ1) is 16.2. The molecule has 2 aromatic rings. The lowest BCUT2D eigenvalue weighted by Gasteiger charge is -2.38. The van der Waals surface area contributed by atoms with Crippen molar-refractivity contribution in [3.8, 4) is 5.75 Å². The van der Waals surface area contributed by atoms with Gasteiger partial charge in [-0.05, 0) is 35.8 Å². The molecule has 2 aliphatic rings. The summed E-state index contributed by atoms with van der Waals surface area (Å²) in [5, 5.41) is 18.2. The number of Topliss-reactive ketones (excluding diaryl/α,β-unsaturated/α-hetero) is 1. The molecule has 1 aromatic carbocycles. The molecule has 0 amide bonds. The van der Waals surface area contributed by atoms with Gasteiger partial charge >= 0.3 is 0 Å². The van der Waals surface area contributed by atoms with Crippen LogP contribution >= 0.6 is 11.8 Å². The maximum absolute atomic E-state index is 13.0. The van der Waals surface area contributed by atoms with Crippen molar-refractivity contribution in [2.45, 2.75) is 37.9 Å². The summed E-state index contributed by atoms with van der Waals surface area (Å²) in [5.41, 5.74) is 2.54. The fourth-order valence-corrected chi connectivity index (χ4v) is 3.99. The van der Waals surface area contributed by atoms with Crippen LogP contribution in [0.2, 0.25) is 0 Å². The fraction of sp³-hybridized carbons (Fsp3) is 0.389. The van der Waals surface area contributed by atoms with E-state index in [-0.39, 0.29) is 23.0 Å². The van der Waals surface area contributed by atoms with E-state index in [4.69, 9.17) is 0 Å². The van der Waals surface area contributed by atoms with Gasteiger partial charge in [0.15, 0.2) is 5.78 Å². The van der Waals surface area contributed by atoms with E-state index in [9.17, 15) is 9.90 Å². The van der Waals surface area contributed by atoms with Crippen LogP contribution in [-0.4, -0.2) is 31.9 Å². The predicted octanol–water partition coefficient (Wildman–Crippen LogP) is 3.36. The highest BCUT2D eigenvalue weighted by Crippen LogP contribution is 2.45. The maximum atomic E-state index is 13.0. The first-order chi connectivity index (χ1) is 11.9. The number of hydrogen-bond acceptors (Lipinski definition) is 6. The number of ketones is 1. The number of nitrogens with one attached hydrogen (secondary N) is 1. The van der Waals surface area contributed by atoms with Crippen LogP contribution in [0.15, 0.2) is 40.7 Å². The van der Waals surface area contributed by atoms with Gasteiger partial charge in [0.1, 0.15) is 11.8 Å². The number of rotatable bonds is 2. The number of nitrogens with zero attached hydrogens (tertiary/aromatic N) is 3. The number of allylic oxidation sites excluding steroid dienone is 2. The van der Waals surface area contributed by atoms with Crippen LogP contribution in [0.3, 0.4) is 0 Å². The van der Waals surface area contributed by atoms with E-state index in [1.807, 2.05) is 18.4 Å². The molecule has 130 valence electrons. The van der Waals surface area contributed by atoms with Gasteiger partial charge in [-0.25, -0.2) is 4.68 Å². The van der Waals surface area contributed by atoms with Gasteiger partial charge in [0.25, 0.3) is 0 Å². The van der Waals surface area contributed by atoms with Crippen molar-refractivity contribution in [3.05, 3.63) is 41.1 Å². The van der Waals surface area contributed by atoms with Gasteiger partial charge in [0.05, 0.1) is 0 Å². The largest absolute Gasteiger partial charge is 0.508 e. The van der Waals surface area contributed by atoms with Gasteiger partial charge in [-0.15, -0.1) is 5.10 Å². The van der Waals surface area contributed by atoms with Crippen LogP contribution in [0.25, 0.3) is 0 Å². The third kappa shape index (κ3) is 2.72. The Labute approximate surface area is 150 Å². The second-order valence-electron chi connectivity index (χ2n) is 7.32. The summed E-state index contributed by atoms with van der Waals surface area (Å²) in [4.78, 5) is 17.5. The molecule has 1 atom stereocenters. The molecule has 2 N–H and O–H groups in total. The Hall–Kier alpha value is -2.28. The Balaban J connectivity index is 1.90. The summed E-state index contributed by atoms with van der Waals surface area (Å²) in [5.74, 6) is 1.00. The minimum Gasteiger partial charge on any atom is -0.508 e. The molecule has 25 heavy (non-hydrogen) atoms. The Bertz CT molecular complexity index is 883. The average Bonchev–Trinajstić information content (AvgIpc) is 2.95. The normalized spacial score (nSPS) is 21.6. The smallest absolute Gasteiger partial charge is 0.227 e. The molecule has 0 saturated heterocycles. The second-order valence-corrected chi connectivity index (χ2v) is 8.09. The molecular weight excluding hydrogens is 336 g/mol. The molecule has 0 bridgehead atoms. The predicted molar refractivity (Wildman–Crippen MR) is 96.7 cm³/mol. The summed E-state index contributed by atoms with van der Waals surface area (Å²) in [6.45, 7) is 4.22. The van der Waals surface area contributed by atoms with Gasteiger partial charge in [0, 0.05) is 17.7 Å². The van der Waals surface area contributed by atoms with Crippen molar-refractivity contribution >= 4 is 23.5 Å². The minimum absolute atomic E-state index is 0.0764. The lowest BCUT2D eigenvalue weighted by Crippen LogP contribution is -2.36. The van der Waals surface area contributed by atoms with Crippen molar-refractivity contribution in [3.63, 3.8) is 0 Å². The minimum atomic E-state index is -0.316. The monoisotopic (exact) mass is 356 g/mol. The van der Waals surface area contributed by atoms with Crippen LogP contribution in [0, 0.1) is 5.41 Å². The number of anilines is 1. The van der Waals surface area contributed by atoms with Gasteiger partial charge < -0.3 is 10.4 Å². The van der Waals surface area contributed by atoms with Crippen LogP contribution in [0.4, 0.5) is 5.95 Å². The Morgan fingerprint density at radius 3 is 2.68 bits per heavy atom. The standard InChI is InChI=1S/C18H20N4O2S/c1-18(2)8-12-14(13(24)9-18)15(10-4-6-11(23)7-5-10)22-16(19-12)20-17(21-22)25-3/h4-7,15,23H,8-9H2,1-3H3,(H,19,20,21). The molecule has 1 aliphatic heterocycles. The highest BCUT2D eigenvalue weighted by molar-refractivity contribution is 7.98. The first-order valence-electron chi connectivity index (χ1n) is 8.21. The first-order valence-corrected chi connectivity index (χ1v) is 9.43. The Morgan fingerprint density at radius 1 is 1.28 bits per heavy atom. The number of aromatic hydroxyl groups is 1. The molecule has 0 spiro atoms. The van der Waals surface area contributed by atoms with Crippen molar-refractivity contribution < 1.29 is 9.90 Å². The lowest BCUT2D eigenvalue weighted by atomic mass is 9.73. The molecule has 4 rings (SSSR count). The summed E-state index contributed by atoms with van der Waals surface area (Å²) >= 11 is 1.47. The molecule has 2 heterocycles. The van der Waals surface area contributed by atoms with Crippen molar-refractivity contribution in [2.24, 2.45) is 5.41 Å². The highest BCUT2D eigenvalue weighted by Gasteiger charge is 2.41. The van der Waals surface area contributed by atoms with Crippen LogP contribution in [0.1, 0.15) is 38.3 Å². The molecular formula is C18H20N4O2S. The highest BCUT2D eigenvalue weighted by atomic mass is 32.2. The van der Waals surface area contributed by atoms with Crippen LogP contribution in [0.5, 0.6) is 5.75 Å². The second kappa shape index (κ2) is 5.62. The summed E-state index contributed by atoms with van der Waals surface area (Å²) in [6, 6.07) is 6.64. The van der Waals surface area contributed by atoms with E-state index in [0.29, 0.717) is 17.5 Å². The van der Waals surface area contributed by atoms with E-state index >= 15 is 0 Å². The molecule has 0 saturated carbocycles. The van der Waals surface area contributed by atoms with Crippen LogP contribution < -0.4 is 5.32 Å². The molecule has 0 radical (unpaired) electrons. The van der Waals surface area contributed by atoms with Crippen molar-refractivity contribution in [1.29, 1.82) is 0 Å². The fourth-order valence-electron chi connectivity index (χ4n) is 3.64. The number of carbonyl (C=O) groups excluding carboxylic acids is 1. The number of hydrogen-bond donors (Lipinski definition) is 2. The van der Waals surface area contributed by atoms with E-state index in [2.05, 4.69) is 29.2 Å². The number of carbonyl (C=O) groups is 1. The zero-order valence-corrected chi connectivity index (χ0v) is 15.2. The third-order valence-corrected chi connectivity index (χ3v) is 5.24. The SMILES string of the molecule is CSc1nc2n(n1)C(c1ccc(O)cc1)C1=C(CC(C)(C)CC1=O)N2. The van der Waals surface area contributed by atoms with Gasteiger partial charge in [-0.2, -0.15) is 4.98 Å². The average molecular weight is 356 g/mol. The molecule has 0 fully saturated rings. The van der Waals surface area contributed by atoms with E-state index < -0.39 is 0 Å². The molecule has 1 aromatic heterocycles. The number of phenolic OH excluding ortho intramolecular Hbond substituents is 1. The zero-order chi connectivity index (χ0) is 17.8. The Kier molecular flexibility index (Phi) is 3.64. The van der Waals surface area contributed by atoms with Crippen LogP contribution in [-0.2, 0) is 4.79 Å². The number of aromatic nitrogens is 3. The maximum Gasteiger partial charge on any atom is 0.227 e. The van der Waals surface area contributed by atoms with Gasteiger partial charge in [-0.1, -0.05) is 37.7 Å². The third-order valence-electron chi connectivity index (χ3n) is 4.70. The molecule has 1 aliphatic carbocycles. The zero-order valence-electron chi connectivity index (χ0n) is 14.4. The topological polar surface area (TPSA) is 80.0 Å². The van der Waals surface area contributed by atoms with E-state index in [1.54, 1.807) is 16.8 Å². The molecule has 7 heteroatoms. The number of benzene rings is 1.